The molecule has 4 rings (SSSR count). The van der Waals surface area contributed by atoms with Gasteiger partial charge in [0.25, 0.3) is 18.1 Å². The normalized spacial score (nSPS) is 11.0. The molecule has 0 saturated heterocycles. The van der Waals surface area contributed by atoms with E-state index in [0.29, 0.717) is 8.67 Å². The summed E-state index contributed by atoms with van der Waals surface area (Å²) < 4.78 is 47.1. The molecule has 0 aliphatic carbocycles. The number of thiophene rings is 2. The lowest BCUT2D eigenvalue weighted by atomic mass is 10.3. The van der Waals surface area contributed by atoms with Crippen molar-refractivity contribution in [1.29, 1.82) is 0 Å². The van der Waals surface area contributed by atoms with Crippen LogP contribution >= 0.6 is 67.2 Å². The van der Waals surface area contributed by atoms with Crippen molar-refractivity contribution >= 4 is 106 Å². The van der Waals surface area contributed by atoms with Crippen molar-refractivity contribution in [3.05, 3.63) is 57.2 Å². The summed E-state index contributed by atoms with van der Waals surface area (Å²) in [6, 6.07) is 12.9. The molecule has 0 amide bonds. The van der Waals surface area contributed by atoms with Crippen LogP contribution in [0.5, 0.6) is 0 Å². The second-order valence-corrected chi connectivity index (χ2v) is 13.9. The minimum absolute atomic E-state index is 0.0983. The van der Waals surface area contributed by atoms with E-state index in [4.69, 9.17) is 44.6 Å². The molecule has 176 valence electrons. The topological polar surface area (TPSA) is 68.3 Å². The maximum Gasteiger partial charge on any atom is 0.261 e. The predicted octanol–water partition coefficient (Wildman–Crippen LogP) is 9.02. The van der Waals surface area contributed by atoms with Gasteiger partial charge in [0, 0.05) is 30.8 Å². The first-order valence-corrected chi connectivity index (χ1v) is 16.2. The molecular formula is C20H20Cl4O4S4. The van der Waals surface area contributed by atoms with Crippen LogP contribution in [-0.4, -0.2) is 16.8 Å². The number of rotatable bonds is 2. The van der Waals surface area contributed by atoms with E-state index in [-0.39, 0.29) is 9.79 Å². The predicted molar refractivity (Wildman–Crippen MR) is 142 cm³/mol. The summed E-state index contributed by atoms with van der Waals surface area (Å²) in [6.07, 6.45) is 0. The first-order chi connectivity index (χ1) is 14.9. The maximum atomic E-state index is 11.0. The van der Waals surface area contributed by atoms with Gasteiger partial charge in [-0.1, -0.05) is 57.0 Å². The van der Waals surface area contributed by atoms with Crippen LogP contribution in [0.2, 0.25) is 8.67 Å². The number of hydrogen-bond donors (Lipinski definition) is 0. The Morgan fingerprint density at radius 3 is 1.56 bits per heavy atom. The van der Waals surface area contributed by atoms with E-state index in [1.807, 2.05) is 27.7 Å². The van der Waals surface area contributed by atoms with Gasteiger partial charge in [0.1, 0.15) is 0 Å². The van der Waals surface area contributed by atoms with Gasteiger partial charge in [-0.05, 0) is 53.2 Å². The number of hydrogen-bond acceptors (Lipinski definition) is 6. The first kappa shape index (κ1) is 29.5. The fourth-order valence-electron chi connectivity index (χ4n) is 2.27. The zero-order valence-corrected chi connectivity index (χ0v) is 23.7. The molecule has 0 fully saturated rings. The molecule has 0 aliphatic heterocycles. The van der Waals surface area contributed by atoms with Crippen molar-refractivity contribution in [2.45, 2.75) is 37.5 Å². The lowest BCUT2D eigenvalue weighted by Gasteiger charge is -1.94. The highest BCUT2D eigenvalue weighted by Gasteiger charge is 2.12. The SMILES string of the molecule is CC.CC.O=S(=O)(Cl)c1ccc2cc(Cl)sc2c1.O=S(=O)(Cl)c1ccc2sc(Cl)cc2c1. The second kappa shape index (κ2) is 12.8. The van der Waals surface area contributed by atoms with E-state index in [9.17, 15) is 16.8 Å². The molecule has 0 radical (unpaired) electrons. The molecule has 0 atom stereocenters. The smallest absolute Gasteiger partial charge is 0.207 e. The van der Waals surface area contributed by atoms with Gasteiger partial charge in [0.05, 0.1) is 18.5 Å². The molecule has 4 nitrogen and oxygen atoms in total. The van der Waals surface area contributed by atoms with Crippen LogP contribution < -0.4 is 0 Å². The Hall–Kier alpha value is -0.580. The van der Waals surface area contributed by atoms with Crippen molar-refractivity contribution < 1.29 is 16.8 Å². The monoisotopic (exact) mass is 592 g/mol. The molecule has 0 N–H and O–H groups in total. The van der Waals surface area contributed by atoms with E-state index in [1.54, 1.807) is 24.3 Å². The van der Waals surface area contributed by atoms with E-state index in [0.717, 1.165) is 20.2 Å². The van der Waals surface area contributed by atoms with Crippen LogP contribution in [0, 0.1) is 0 Å². The molecule has 2 aromatic heterocycles. The van der Waals surface area contributed by atoms with Gasteiger partial charge in [-0.3, -0.25) is 0 Å². The van der Waals surface area contributed by atoms with E-state index in [2.05, 4.69) is 0 Å². The Morgan fingerprint density at radius 2 is 1.03 bits per heavy atom. The first-order valence-electron chi connectivity index (χ1n) is 9.21. The molecule has 0 unspecified atom stereocenters. The van der Waals surface area contributed by atoms with Crippen molar-refractivity contribution in [2.24, 2.45) is 0 Å². The Labute approximate surface area is 215 Å². The summed E-state index contributed by atoms with van der Waals surface area (Å²) in [4.78, 5) is 0.200. The third-order valence-electron chi connectivity index (χ3n) is 3.48. The fourth-order valence-corrected chi connectivity index (χ4v) is 6.24. The van der Waals surface area contributed by atoms with Gasteiger partial charge in [-0.15, -0.1) is 22.7 Å². The molecule has 2 aromatic carbocycles. The number of fused-ring (bicyclic) bond motifs is 2. The lowest BCUT2D eigenvalue weighted by molar-refractivity contribution is 0.608. The molecule has 0 aliphatic rings. The van der Waals surface area contributed by atoms with Gasteiger partial charge in [0.2, 0.25) is 0 Å². The van der Waals surface area contributed by atoms with Gasteiger partial charge in [-0.25, -0.2) is 16.8 Å². The fraction of sp³-hybridized carbons (Fsp3) is 0.200. The second-order valence-electron chi connectivity index (χ2n) is 5.38. The molecule has 2 heterocycles. The van der Waals surface area contributed by atoms with E-state index >= 15 is 0 Å². The zero-order chi connectivity index (χ0) is 24.7. The Kier molecular flexibility index (Phi) is 11.7. The maximum absolute atomic E-state index is 11.0. The number of benzene rings is 2. The summed E-state index contributed by atoms with van der Waals surface area (Å²) in [5.41, 5.74) is 0. The minimum Gasteiger partial charge on any atom is -0.207 e. The summed E-state index contributed by atoms with van der Waals surface area (Å²) >= 11 is 14.3. The highest BCUT2D eigenvalue weighted by atomic mass is 35.7. The summed E-state index contributed by atoms with van der Waals surface area (Å²) in [6.45, 7) is 8.00. The van der Waals surface area contributed by atoms with Crippen molar-refractivity contribution in [3.8, 4) is 0 Å². The van der Waals surface area contributed by atoms with Gasteiger partial charge in [0.15, 0.2) is 0 Å². The Morgan fingerprint density at radius 1 is 0.594 bits per heavy atom. The Bertz CT molecular complexity index is 1280. The minimum atomic E-state index is -3.65. The van der Waals surface area contributed by atoms with E-state index in [1.165, 1.54) is 46.9 Å². The standard InChI is InChI=1S/2C8H4Cl2O2S2.2C2H6/c9-8-4-5-3-6(14(10,11)12)1-2-7(5)13-8;9-8-3-5-1-2-6(14(10,11)12)4-7(5)13-8;2*1-2/h2*1-4H;2*1-2H3. The molecule has 4 aromatic rings. The molecular weight excluding hydrogens is 574 g/mol. The van der Waals surface area contributed by atoms with Crippen molar-refractivity contribution in [2.75, 3.05) is 0 Å². The van der Waals surface area contributed by atoms with E-state index < -0.39 is 18.1 Å². The highest BCUT2D eigenvalue weighted by Crippen LogP contribution is 2.32. The van der Waals surface area contributed by atoms with Crippen molar-refractivity contribution in [3.63, 3.8) is 0 Å². The van der Waals surface area contributed by atoms with Gasteiger partial charge >= 0.3 is 0 Å². The summed E-state index contributed by atoms with van der Waals surface area (Å²) in [5, 5.41) is 1.71. The largest absolute Gasteiger partial charge is 0.261 e. The highest BCUT2D eigenvalue weighted by molar-refractivity contribution is 8.14. The average molecular weight is 594 g/mol. The van der Waals surface area contributed by atoms with Crippen LogP contribution in [0.25, 0.3) is 20.2 Å². The van der Waals surface area contributed by atoms with Crippen LogP contribution in [0.3, 0.4) is 0 Å². The summed E-state index contributed by atoms with van der Waals surface area (Å²) in [7, 11) is 3.12. The van der Waals surface area contributed by atoms with Gasteiger partial charge < -0.3 is 0 Å². The average Bonchev–Trinajstić information content (AvgIpc) is 3.29. The Balaban J connectivity index is 0.000000277. The molecule has 32 heavy (non-hydrogen) atoms. The molecule has 0 spiro atoms. The van der Waals surface area contributed by atoms with Crippen LogP contribution in [-0.2, 0) is 18.1 Å². The van der Waals surface area contributed by atoms with Crippen molar-refractivity contribution in [1.82, 2.24) is 0 Å². The van der Waals surface area contributed by atoms with Gasteiger partial charge in [-0.2, -0.15) is 0 Å². The van der Waals surface area contributed by atoms with Crippen LogP contribution in [0.15, 0.2) is 58.3 Å². The quantitative estimate of drug-likeness (QED) is 0.217. The molecule has 0 saturated carbocycles. The zero-order valence-electron chi connectivity index (χ0n) is 17.4. The van der Waals surface area contributed by atoms with Crippen LogP contribution in [0.1, 0.15) is 27.7 Å². The summed E-state index contributed by atoms with van der Waals surface area (Å²) in [5.74, 6) is 0. The lowest BCUT2D eigenvalue weighted by Crippen LogP contribution is -1.88. The molecule has 12 heteroatoms. The van der Waals surface area contributed by atoms with Crippen LogP contribution in [0.4, 0.5) is 0 Å². The number of halogens is 4. The third-order valence-corrected chi connectivity index (χ3v) is 8.66. The molecule has 0 bridgehead atoms. The third kappa shape index (κ3) is 8.33.